The van der Waals surface area contributed by atoms with Crippen LogP contribution >= 0.6 is 0 Å². The highest BCUT2D eigenvalue weighted by atomic mass is 19.1. The molecule has 2 rings (SSSR count). The zero-order valence-corrected chi connectivity index (χ0v) is 12.8. The predicted molar refractivity (Wildman–Crippen MR) is 85.5 cm³/mol. The Morgan fingerprint density at radius 2 is 1.81 bits per heavy atom. The van der Waals surface area contributed by atoms with E-state index in [1.165, 1.54) is 17.7 Å². The molecule has 1 N–H and O–H groups in total. The van der Waals surface area contributed by atoms with E-state index in [-0.39, 0.29) is 5.82 Å². The third-order valence-electron chi connectivity index (χ3n) is 3.71. The number of benzene rings is 2. The summed E-state index contributed by atoms with van der Waals surface area (Å²) in [4.78, 5) is 0. The fraction of sp³-hybridized carbons (Fsp3) is 0.333. The van der Waals surface area contributed by atoms with Crippen molar-refractivity contribution in [1.29, 1.82) is 0 Å². The number of anilines is 1. The maximum Gasteiger partial charge on any atom is 0.144 e. The van der Waals surface area contributed by atoms with Crippen LogP contribution in [0.4, 0.5) is 10.1 Å². The molecule has 0 amide bonds. The van der Waals surface area contributed by atoms with Crippen LogP contribution in [0.5, 0.6) is 5.75 Å². The first kappa shape index (κ1) is 15.4. The molecule has 21 heavy (non-hydrogen) atoms. The average Bonchev–Trinajstić information content (AvgIpc) is 2.49. The zero-order valence-electron chi connectivity index (χ0n) is 12.8. The number of rotatable bonds is 6. The summed E-state index contributed by atoms with van der Waals surface area (Å²) in [5, 5.41) is 3.38. The van der Waals surface area contributed by atoms with Crippen molar-refractivity contribution in [2.45, 2.75) is 19.8 Å². The van der Waals surface area contributed by atoms with Crippen LogP contribution in [0.3, 0.4) is 0 Å². The summed E-state index contributed by atoms with van der Waals surface area (Å²) in [5.74, 6) is 1.14. The molecule has 0 aliphatic carbocycles. The van der Waals surface area contributed by atoms with Gasteiger partial charge in [-0.25, -0.2) is 4.39 Å². The molecule has 1 unspecified atom stereocenters. The second kappa shape index (κ2) is 7.11. The van der Waals surface area contributed by atoms with Gasteiger partial charge in [-0.1, -0.05) is 44.2 Å². The number of hydrogen-bond donors (Lipinski definition) is 1. The fourth-order valence-corrected chi connectivity index (χ4v) is 2.47. The van der Waals surface area contributed by atoms with Gasteiger partial charge in [-0.15, -0.1) is 0 Å². The maximum absolute atomic E-state index is 13.2. The Hall–Kier alpha value is -2.03. The first-order valence-corrected chi connectivity index (χ1v) is 7.24. The Bertz CT molecular complexity index is 569. The lowest BCUT2D eigenvalue weighted by molar-refractivity contribution is 0.412. The number of ether oxygens (including phenoxy) is 1. The largest absolute Gasteiger partial charge is 0.494 e. The zero-order chi connectivity index (χ0) is 15.2. The molecule has 0 aliphatic rings. The Balaban J connectivity index is 2.13. The van der Waals surface area contributed by atoms with E-state index in [4.69, 9.17) is 4.74 Å². The number of halogens is 1. The molecule has 0 fully saturated rings. The third-order valence-corrected chi connectivity index (χ3v) is 3.71. The lowest BCUT2D eigenvalue weighted by Gasteiger charge is -2.23. The molecular formula is C18H22FNO. The van der Waals surface area contributed by atoms with Crippen LogP contribution in [0, 0.1) is 11.7 Å². The number of hydrogen-bond acceptors (Lipinski definition) is 2. The number of methoxy groups -OCH3 is 1. The molecular weight excluding hydrogens is 265 g/mol. The number of nitrogens with one attached hydrogen (secondary N) is 1. The molecule has 0 saturated carbocycles. The van der Waals surface area contributed by atoms with Gasteiger partial charge in [0.2, 0.25) is 0 Å². The van der Waals surface area contributed by atoms with Crippen LogP contribution in [0.1, 0.15) is 25.3 Å². The summed E-state index contributed by atoms with van der Waals surface area (Å²) in [7, 11) is 1.55. The summed E-state index contributed by atoms with van der Waals surface area (Å²) in [6.07, 6.45) is 0. The molecule has 3 heteroatoms. The van der Waals surface area contributed by atoms with Gasteiger partial charge in [0.15, 0.2) is 0 Å². The lowest BCUT2D eigenvalue weighted by Crippen LogP contribution is -2.18. The van der Waals surface area contributed by atoms with Gasteiger partial charge in [-0.05, 0) is 23.6 Å². The van der Waals surface area contributed by atoms with Crippen molar-refractivity contribution in [3.05, 3.63) is 59.9 Å². The lowest BCUT2D eigenvalue weighted by atomic mass is 9.88. The van der Waals surface area contributed by atoms with Crippen LogP contribution in [0.15, 0.2) is 48.5 Å². The van der Waals surface area contributed by atoms with Crippen molar-refractivity contribution in [2.75, 3.05) is 19.0 Å². The average molecular weight is 287 g/mol. The topological polar surface area (TPSA) is 21.3 Å². The van der Waals surface area contributed by atoms with E-state index in [1.807, 2.05) is 6.07 Å². The molecule has 0 spiro atoms. The summed E-state index contributed by atoms with van der Waals surface area (Å²) in [6.45, 7) is 5.20. The smallest absolute Gasteiger partial charge is 0.144 e. The van der Waals surface area contributed by atoms with Gasteiger partial charge in [0.05, 0.1) is 12.8 Å². The predicted octanol–water partition coefficient (Wildman–Crippen LogP) is 4.69. The van der Waals surface area contributed by atoms with Gasteiger partial charge in [0.1, 0.15) is 11.6 Å². The molecule has 0 bridgehead atoms. The normalized spacial score (nSPS) is 12.2. The highest BCUT2D eigenvalue weighted by Gasteiger charge is 2.16. The van der Waals surface area contributed by atoms with Gasteiger partial charge in [-0.3, -0.25) is 0 Å². The fourth-order valence-electron chi connectivity index (χ4n) is 2.47. The van der Waals surface area contributed by atoms with Gasteiger partial charge in [-0.2, -0.15) is 0 Å². The minimum atomic E-state index is -0.291. The van der Waals surface area contributed by atoms with Crippen LogP contribution in [-0.2, 0) is 0 Å². The van der Waals surface area contributed by atoms with E-state index in [0.717, 1.165) is 12.2 Å². The van der Waals surface area contributed by atoms with Gasteiger partial charge >= 0.3 is 0 Å². The molecule has 2 aromatic carbocycles. The minimum Gasteiger partial charge on any atom is -0.494 e. The second-order valence-corrected chi connectivity index (χ2v) is 5.49. The van der Waals surface area contributed by atoms with E-state index in [1.54, 1.807) is 13.2 Å². The summed E-state index contributed by atoms with van der Waals surface area (Å²) < 4.78 is 18.4. The van der Waals surface area contributed by atoms with Gasteiger partial charge in [0.25, 0.3) is 0 Å². The first-order chi connectivity index (χ1) is 10.1. The minimum absolute atomic E-state index is 0.291. The standard InChI is InChI=1S/C18H22FNO/c1-13(2)16(14-7-5-4-6-8-14)12-20-17-10-9-15(19)11-18(17)21-3/h4-11,13,16,20H,12H2,1-3H3. The summed E-state index contributed by atoms with van der Waals surface area (Å²) >= 11 is 0. The molecule has 1 atom stereocenters. The van der Waals surface area contributed by atoms with E-state index < -0.39 is 0 Å². The molecule has 0 saturated heterocycles. The van der Waals surface area contributed by atoms with Crippen molar-refractivity contribution in [3.8, 4) is 5.75 Å². The van der Waals surface area contributed by atoms with Crippen molar-refractivity contribution in [3.63, 3.8) is 0 Å². The summed E-state index contributed by atoms with van der Waals surface area (Å²) in [5.41, 5.74) is 2.13. The van der Waals surface area contributed by atoms with E-state index in [0.29, 0.717) is 17.6 Å². The summed E-state index contributed by atoms with van der Waals surface area (Å²) in [6, 6.07) is 15.0. The van der Waals surface area contributed by atoms with Gasteiger partial charge < -0.3 is 10.1 Å². The Morgan fingerprint density at radius 1 is 1.10 bits per heavy atom. The first-order valence-electron chi connectivity index (χ1n) is 7.24. The van der Waals surface area contributed by atoms with Crippen LogP contribution in [-0.4, -0.2) is 13.7 Å². The highest BCUT2D eigenvalue weighted by molar-refractivity contribution is 5.56. The molecule has 0 heterocycles. The molecule has 2 aromatic rings. The Kier molecular flexibility index (Phi) is 5.20. The van der Waals surface area contributed by atoms with Crippen molar-refractivity contribution in [1.82, 2.24) is 0 Å². The Morgan fingerprint density at radius 3 is 2.43 bits per heavy atom. The molecule has 0 aromatic heterocycles. The van der Waals surface area contributed by atoms with Crippen LogP contribution in [0.2, 0.25) is 0 Å². The van der Waals surface area contributed by atoms with Crippen LogP contribution in [0.25, 0.3) is 0 Å². The van der Waals surface area contributed by atoms with Gasteiger partial charge in [0, 0.05) is 18.5 Å². The monoisotopic (exact) mass is 287 g/mol. The van der Waals surface area contributed by atoms with Crippen LogP contribution < -0.4 is 10.1 Å². The van der Waals surface area contributed by atoms with Crippen molar-refractivity contribution < 1.29 is 9.13 Å². The van der Waals surface area contributed by atoms with E-state index in [9.17, 15) is 4.39 Å². The molecule has 0 aliphatic heterocycles. The molecule has 112 valence electrons. The van der Waals surface area contributed by atoms with E-state index >= 15 is 0 Å². The van der Waals surface area contributed by atoms with E-state index in [2.05, 4.69) is 43.4 Å². The second-order valence-electron chi connectivity index (χ2n) is 5.49. The highest BCUT2D eigenvalue weighted by Crippen LogP contribution is 2.28. The SMILES string of the molecule is COc1cc(F)ccc1NCC(c1ccccc1)C(C)C. The maximum atomic E-state index is 13.2. The molecule has 2 nitrogen and oxygen atoms in total. The van der Waals surface area contributed by atoms with Crippen molar-refractivity contribution >= 4 is 5.69 Å². The molecule has 0 radical (unpaired) electrons. The Labute approximate surface area is 126 Å². The van der Waals surface area contributed by atoms with Crippen molar-refractivity contribution in [2.24, 2.45) is 5.92 Å². The quantitative estimate of drug-likeness (QED) is 0.832. The third kappa shape index (κ3) is 3.97.